The first-order valence-corrected chi connectivity index (χ1v) is 8.18. The summed E-state index contributed by atoms with van der Waals surface area (Å²) in [5.74, 6) is -1.50. The number of aromatic nitrogens is 2. The van der Waals surface area contributed by atoms with E-state index in [9.17, 15) is 14.0 Å². The van der Waals surface area contributed by atoms with E-state index < -0.39 is 17.7 Å². The lowest BCUT2D eigenvalue weighted by molar-refractivity contribution is 0.0696. The normalized spacial score (nSPS) is 10.3. The molecule has 2 N–H and O–H groups in total. The van der Waals surface area contributed by atoms with E-state index in [2.05, 4.69) is 15.5 Å². The quantitative estimate of drug-likeness (QED) is 0.688. The van der Waals surface area contributed by atoms with Gasteiger partial charge >= 0.3 is 5.97 Å². The van der Waals surface area contributed by atoms with Crippen LogP contribution in [0.1, 0.15) is 25.2 Å². The number of carboxylic acid groups (broad SMARTS) is 1. The topological polar surface area (TPSA) is 101 Å². The van der Waals surface area contributed by atoms with Crippen molar-refractivity contribution in [2.75, 3.05) is 5.32 Å². The van der Waals surface area contributed by atoms with Gasteiger partial charge in [0.1, 0.15) is 18.2 Å². The molecule has 2 aromatic carbocycles. The summed E-state index contributed by atoms with van der Waals surface area (Å²) >= 11 is 1.04. The van der Waals surface area contributed by atoms with Crippen LogP contribution in [0.25, 0.3) is 0 Å². The van der Waals surface area contributed by atoms with E-state index in [1.54, 1.807) is 6.07 Å². The van der Waals surface area contributed by atoms with Crippen LogP contribution in [0, 0.1) is 5.82 Å². The smallest absolute Gasteiger partial charge is 0.335 e. The summed E-state index contributed by atoms with van der Waals surface area (Å²) in [6.07, 6.45) is 0. The van der Waals surface area contributed by atoms with Crippen LogP contribution in [0.15, 0.2) is 48.5 Å². The van der Waals surface area contributed by atoms with Crippen LogP contribution >= 0.6 is 11.3 Å². The molecule has 0 bridgehead atoms. The Labute approximate surface area is 151 Å². The number of rotatable bonds is 6. The van der Waals surface area contributed by atoms with Crippen molar-refractivity contribution in [3.8, 4) is 5.75 Å². The van der Waals surface area contributed by atoms with E-state index >= 15 is 0 Å². The number of carbonyl (C=O) groups is 2. The van der Waals surface area contributed by atoms with Gasteiger partial charge in [0, 0.05) is 5.69 Å². The molecule has 3 aromatic rings. The highest BCUT2D eigenvalue weighted by Gasteiger charge is 2.14. The van der Waals surface area contributed by atoms with Crippen LogP contribution < -0.4 is 10.1 Å². The molecule has 7 nitrogen and oxygen atoms in total. The second-order valence-corrected chi connectivity index (χ2v) is 6.15. The average Bonchev–Trinajstić information content (AvgIpc) is 3.09. The van der Waals surface area contributed by atoms with Gasteiger partial charge in [-0.15, -0.1) is 10.2 Å². The van der Waals surface area contributed by atoms with Crippen molar-refractivity contribution < 1.29 is 23.8 Å². The second kappa shape index (κ2) is 7.70. The molecule has 1 aromatic heterocycles. The maximum atomic E-state index is 13.1. The van der Waals surface area contributed by atoms with Gasteiger partial charge in [-0.25, -0.2) is 9.18 Å². The standard InChI is InChI=1S/C17H12FN3O4S/c18-11-2-1-3-12(8-11)19-15(22)16-21-20-14(26-16)9-25-13-6-4-10(5-7-13)17(23)24/h1-8H,9H2,(H,19,22)(H,23,24). The fourth-order valence-electron chi connectivity index (χ4n) is 1.99. The Kier molecular flexibility index (Phi) is 5.18. The van der Waals surface area contributed by atoms with Crippen LogP contribution in [-0.2, 0) is 6.61 Å². The number of anilines is 1. The highest BCUT2D eigenvalue weighted by molar-refractivity contribution is 7.13. The molecular formula is C17H12FN3O4S. The molecule has 0 spiro atoms. The number of nitrogens with one attached hydrogen (secondary N) is 1. The Balaban J connectivity index is 1.58. The van der Waals surface area contributed by atoms with Gasteiger partial charge in [0.05, 0.1) is 5.56 Å². The Morgan fingerprint density at radius 3 is 2.62 bits per heavy atom. The number of carbonyl (C=O) groups excluding carboxylic acids is 1. The molecule has 3 rings (SSSR count). The number of amides is 1. The fourth-order valence-corrected chi connectivity index (χ4v) is 2.64. The Morgan fingerprint density at radius 1 is 1.15 bits per heavy atom. The number of halogens is 1. The van der Waals surface area contributed by atoms with Gasteiger partial charge in [0.25, 0.3) is 5.91 Å². The molecular weight excluding hydrogens is 361 g/mol. The van der Waals surface area contributed by atoms with Crippen molar-refractivity contribution in [3.63, 3.8) is 0 Å². The van der Waals surface area contributed by atoms with Crippen molar-refractivity contribution in [2.45, 2.75) is 6.61 Å². The van der Waals surface area contributed by atoms with E-state index in [4.69, 9.17) is 9.84 Å². The van der Waals surface area contributed by atoms with Crippen molar-refractivity contribution in [1.29, 1.82) is 0 Å². The lowest BCUT2D eigenvalue weighted by Crippen LogP contribution is -2.11. The van der Waals surface area contributed by atoms with Gasteiger partial charge in [-0.3, -0.25) is 4.79 Å². The maximum absolute atomic E-state index is 13.1. The fraction of sp³-hybridized carbons (Fsp3) is 0.0588. The first-order valence-electron chi connectivity index (χ1n) is 7.37. The summed E-state index contributed by atoms with van der Waals surface area (Å²) < 4.78 is 18.6. The Hall–Kier alpha value is -3.33. The number of benzene rings is 2. The van der Waals surface area contributed by atoms with Gasteiger partial charge in [-0.2, -0.15) is 0 Å². The molecule has 0 saturated heterocycles. The minimum absolute atomic E-state index is 0.0807. The third-order valence-corrected chi connectivity index (χ3v) is 4.10. The van der Waals surface area contributed by atoms with Crippen LogP contribution in [0.5, 0.6) is 5.75 Å². The average molecular weight is 373 g/mol. The first-order chi connectivity index (χ1) is 12.5. The maximum Gasteiger partial charge on any atom is 0.335 e. The summed E-state index contributed by atoms with van der Waals surface area (Å²) in [6.45, 7) is 0.0807. The third kappa shape index (κ3) is 4.39. The number of nitrogens with zero attached hydrogens (tertiary/aromatic N) is 2. The van der Waals surface area contributed by atoms with E-state index in [0.717, 1.165) is 11.3 Å². The van der Waals surface area contributed by atoms with E-state index in [-0.39, 0.29) is 17.2 Å². The zero-order chi connectivity index (χ0) is 18.5. The number of hydrogen-bond acceptors (Lipinski definition) is 6. The number of hydrogen-bond donors (Lipinski definition) is 2. The molecule has 0 saturated carbocycles. The molecule has 0 atom stereocenters. The minimum atomic E-state index is -1.02. The zero-order valence-corrected chi connectivity index (χ0v) is 14.0. The summed E-state index contributed by atoms with van der Waals surface area (Å²) in [5.41, 5.74) is 0.478. The molecule has 0 aliphatic carbocycles. The van der Waals surface area contributed by atoms with Gasteiger partial charge < -0.3 is 15.2 Å². The van der Waals surface area contributed by atoms with Crippen LogP contribution in [-0.4, -0.2) is 27.2 Å². The van der Waals surface area contributed by atoms with Crippen molar-refractivity contribution in [3.05, 3.63) is 69.9 Å². The zero-order valence-electron chi connectivity index (χ0n) is 13.2. The highest BCUT2D eigenvalue weighted by atomic mass is 32.1. The lowest BCUT2D eigenvalue weighted by atomic mass is 10.2. The van der Waals surface area contributed by atoms with Crippen molar-refractivity contribution in [2.24, 2.45) is 0 Å². The van der Waals surface area contributed by atoms with Crippen LogP contribution in [0.3, 0.4) is 0 Å². The Morgan fingerprint density at radius 2 is 1.92 bits per heavy atom. The van der Waals surface area contributed by atoms with E-state index in [1.165, 1.54) is 42.5 Å². The third-order valence-electron chi connectivity index (χ3n) is 3.21. The Bertz CT molecular complexity index is 943. The number of carboxylic acids is 1. The van der Waals surface area contributed by atoms with Crippen LogP contribution in [0.4, 0.5) is 10.1 Å². The largest absolute Gasteiger partial charge is 0.486 e. The molecule has 0 fully saturated rings. The summed E-state index contributed by atoms with van der Waals surface area (Å²) in [6, 6.07) is 11.4. The molecule has 132 valence electrons. The lowest BCUT2D eigenvalue weighted by Gasteiger charge is -2.03. The van der Waals surface area contributed by atoms with Gasteiger partial charge in [-0.1, -0.05) is 17.4 Å². The summed E-state index contributed by atoms with van der Waals surface area (Å²) in [7, 11) is 0. The second-order valence-electron chi connectivity index (χ2n) is 5.08. The van der Waals surface area contributed by atoms with Gasteiger partial charge in [0.2, 0.25) is 5.01 Å². The van der Waals surface area contributed by atoms with E-state index in [1.807, 2.05) is 0 Å². The van der Waals surface area contributed by atoms with Crippen LogP contribution in [0.2, 0.25) is 0 Å². The SMILES string of the molecule is O=C(O)c1ccc(OCc2nnc(C(=O)Nc3cccc(F)c3)s2)cc1. The molecule has 0 aliphatic heterocycles. The number of aromatic carboxylic acids is 1. The predicted molar refractivity (Wildman–Crippen MR) is 92.0 cm³/mol. The molecule has 0 unspecified atom stereocenters. The molecule has 1 heterocycles. The molecule has 26 heavy (non-hydrogen) atoms. The summed E-state index contributed by atoms with van der Waals surface area (Å²) in [5, 5.41) is 19.6. The monoisotopic (exact) mass is 373 g/mol. The molecule has 9 heteroatoms. The number of ether oxygens (including phenoxy) is 1. The predicted octanol–water partition coefficient (Wildman–Crippen LogP) is 3.21. The molecule has 0 radical (unpaired) electrons. The van der Waals surface area contributed by atoms with Crippen molar-refractivity contribution in [1.82, 2.24) is 10.2 Å². The highest BCUT2D eigenvalue weighted by Crippen LogP contribution is 2.17. The molecule has 1 amide bonds. The summed E-state index contributed by atoms with van der Waals surface area (Å²) in [4.78, 5) is 22.9. The van der Waals surface area contributed by atoms with Gasteiger partial charge in [-0.05, 0) is 42.5 Å². The van der Waals surface area contributed by atoms with Crippen molar-refractivity contribution >= 4 is 28.9 Å². The molecule has 0 aliphatic rings. The minimum Gasteiger partial charge on any atom is -0.486 e. The van der Waals surface area contributed by atoms with E-state index in [0.29, 0.717) is 16.4 Å². The first kappa shape index (κ1) is 17.5. The van der Waals surface area contributed by atoms with Gasteiger partial charge in [0.15, 0.2) is 5.01 Å².